The van der Waals surface area contributed by atoms with Gasteiger partial charge in [-0.2, -0.15) is 0 Å². The number of hydrogen-bond acceptors (Lipinski definition) is 3. The molecule has 0 aliphatic carbocycles. The molecule has 0 saturated carbocycles. The van der Waals surface area contributed by atoms with Crippen molar-refractivity contribution >= 4 is 17.4 Å². The number of piperidine rings is 1. The number of likely N-dealkylation sites (tertiary alicyclic amines) is 1. The van der Waals surface area contributed by atoms with E-state index in [0.29, 0.717) is 22.9 Å². The lowest BCUT2D eigenvalue weighted by Crippen LogP contribution is -2.36. The number of benzene rings is 1. The molecule has 1 atom stereocenters. The molecule has 4 heteroatoms. The average molecular weight is 294 g/mol. The van der Waals surface area contributed by atoms with E-state index in [9.17, 15) is 4.79 Å². The summed E-state index contributed by atoms with van der Waals surface area (Å²) in [4.78, 5) is 15.1. The van der Waals surface area contributed by atoms with Crippen LogP contribution in [0.15, 0.2) is 18.2 Å². The minimum Gasteiger partial charge on any atom is -0.491 e. The highest BCUT2D eigenvalue weighted by Gasteiger charge is 2.29. The number of nitrogens with zero attached hydrogens (tertiary/aromatic N) is 1. The van der Waals surface area contributed by atoms with Gasteiger partial charge in [0.2, 0.25) is 0 Å². The number of hydrogen-bond donors (Lipinski definition) is 0. The summed E-state index contributed by atoms with van der Waals surface area (Å²) >= 11 is 6.13. The fourth-order valence-corrected chi connectivity index (χ4v) is 3.36. The summed E-state index contributed by atoms with van der Waals surface area (Å²) in [5.74, 6) is 0.790. The molecule has 0 amide bonds. The van der Waals surface area contributed by atoms with Gasteiger partial charge >= 0.3 is 0 Å². The topological polar surface area (TPSA) is 29.5 Å². The van der Waals surface area contributed by atoms with Gasteiger partial charge in [0, 0.05) is 12.5 Å². The normalized spacial score (nSPS) is 23.9. The summed E-state index contributed by atoms with van der Waals surface area (Å²) in [5, 5.41) is 0.537. The van der Waals surface area contributed by atoms with Crippen LogP contribution >= 0.6 is 11.6 Å². The largest absolute Gasteiger partial charge is 0.491 e. The zero-order chi connectivity index (χ0) is 13.9. The van der Waals surface area contributed by atoms with Crippen LogP contribution in [0, 0.1) is 5.92 Å². The van der Waals surface area contributed by atoms with Gasteiger partial charge in [0.05, 0.1) is 17.2 Å². The Labute approximate surface area is 124 Å². The molecule has 2 heterocycles. The smallest absolute Gasteiger partial charge is 0.171 e. The lowest BCUT2D eigenvalue weighted by Gasteiger charge is -2.29. The molecular weight excluding hydrogens is 274 g/mol. The molecule has 20 heavy (non-hydrogen) atoms. The zero-order valence-electron chi connectivity index (χ0n) is 11.6. The first kappa shape index (κ1) is 13.9. The van der Waals surface area contributed by atoms with Gasteiger partial charge in [-0.1, -0.05) is 24.1 Å². The van der Waals surface area contributed by atoms with Crippen LogP contribution in [0.25, 0.3) is 0 Å². The van der Waals surface area contributed by atoms with E-state index in [0.717, 1.165) is 26.1 Å². The van der Waals surface area contributed by atoms with Gasteiger partial charge in [0.15, 0.2) is 5.78 Å². The molecular formula is C16H20ClNO2. The lowest BCUT2D eigenvalue weighted by atomic mass is 9.94. The second-order valence-corrected chi connectivity index (χ2v) is 6.08. The average Bonchev–Trinajstić information content (AvgIpc) is 2.62. The molecule has 0 radical (unpaired) electrons. The van der Waals surface area contributed by atoms with E-state index in [2.05, 4.69) is 4.90 Å². The van der Waals surface area contributed by atoms with Crippen LogP contribution in [-0.2, 0) is 0 Å². The molecule has 108 valence electrons. The van der Waals surface area contributed by atoms with Crippen LogP contribution in [0.4, 0.5) is 0 Å². The molecule has 1 aromatic rings. The third-order valence-corrected chi connectivity index (χ3v) is 4.54. The second kappa shape index (κ2) is 6.15. The number of ketones is 1. The number of rotatable bonds is 2. The minimum atomic E-state index is 0.0350. The predicted molar refractivity (Wildman–Crippen MR) is 79.7 cm³/mol. The molecule has 1 aromatic carbocycles. The van der Waals surface area contributed by atoms with Crippen molar-refractivity contribution in [3.63, 3.8) is 0 Å². The molecule has 2 aliphatic rings. The van der Waals surface area contributed by atoms with Gasteiger partial charge in [-0.05, 0) is 44.5 Å². The summed E-state index contributed by atoms with van der Waals surface area (Å²) in [6, 6.07) is 5.43. The van der Waals surface area contributed by atoms with Crippen LogP contribution in [0.1, 0.15) is 36.0 Å². The van der Waals surface area contributed by atoms with Crippen LogP contribution in [0.2, 0.25) is 5.02 Å². The maximum atomic E-state index is 12.7. The Morgan fingerprint density at radius 1 is 1.25 bits per heavy atom. The first-order chi connectivity index (χ1) is 9.75. The lowest BCUT2D eigenvalue weighted by molar-refractivity contribution is 0.0859. The molecule has 0 aromatic heterocycles. The van der Waals surface area contributed by atoms with Crippen molar-refractivity contribution < 1.29 is 9.53 Å². The fourth-order valence-electron chi connectivity index (χ4n) is 3.13. The van der Waals surface area contributed by atoms with E-state index in [4.69, 9.17) is 16.3 Å². The fraction of sp³-hybridized carbons (Fsp3) is 0.562. The van der Waals surface area contributed by atoms with E-state index in [1.165, 1.54) is 19.3 Å². The van der Waals surface area contributed by atoms with Crippen molar-refractivity contribution in [3.05, 3.63) is 28.8 Å². The molecule has 1 unspecified atom stereocenters. The number of Topliss-reactive ketones (excluding diaryl/α,β-unsaturated/α-hetero) is 1. The van der Waals surface area contributed by atoms with Gasteiger partial charge in [-0.15, -0.1) is 0 Å². The van der Waals surface area contributed by atoms with Crippen LogP contribution in [0.3, 0.4) is 0 Å². The van der Waals surface area contributed by atoms with Crippen molar-refractivity contribution in [2.75, 3.05) is 26.2 Å². The summed E-state index contributed by atoms with van der Waals surface area (Å²) in [5.41, 5.74) is 0.650. The number of para-hydroxylation sites is 1. The highest BCUT2D eigenvalue weighted by molar-refractivity contribution is 6.32. The first-order valence-electron chi connectivity index (χ1n) is 7.43. The van der Waals surface area contributed by atoms with Gasteiger partial charge < -0.3 is 9.64 Å². The van der Waals surface area contributed by atoms with E-state index >= 15 is 0 Å². The summed E-state index contributed by atoms with van der Waals surface area (Å²) in [6.07, 6.45) is 4.59. The highest BCUT2D eigenvalue weighted by Crippen LogP contribution is 2.33. The van der Waals surface area contributed by atoms with Gasteiger partial charge in [0.25, 0.3) is 0 Å². The van der Waals surface area contributed by atoms with Crippen molar-refractivity contribution in [2.45, 2.75) is 25.7 Å². The molecule has 3 rings (SSSR count). The number of carbonyl (C=O) groups is 1. The van der Waals surface area contributed by atoms with Crippen molar-refractivity contribution in [3.8, 4) is 5.75 Å². The number of halogens is 1. The third kappa shape index (κ3) is 2.84. The number of ether oxygens (including phenoxy) is 1. The molecule has 1 fully saturated rings. The Morgan fingerprint density at radius 2 is 2.05 bits per heavy atom. The molecule has 0 bridgehead atoms. The second-order valence-electron chi connectivity index (χ2n) is 5.68. The number of fused-ring (bicyclic) bond motifs is 1. The summed E-state index contributed by atoms with van der Waals surface area (Å²) in [6.45, 7) is 3.66. The monoisotopic (exact) mass is 293 g/mol. The summed E-state index contributed by atoms with van der Waals surface area (Å²) in [7, 11) is 0. The van der Waals surface area contributed by atoms with Crippen LogP contribution in [-0.4, -0.2) is 36.9 Å². The van der Waals surface area contributed by atoms with Crippen molar-refractivity contribution in [1.82, 2.24) is 4.90 Å². The minimum absolute atomic E-state index is 0.0350. The van der Waals surface area contributed by atoms with Gasteiger partial charge in [-0.25, -0.2) is 0 Å². The predicted octanol–water partition coefficient (Wildman–Crippen LogP) is 3.41. The summed E-state index contributed by atoms with van der Waals surface area (Å²) < 4.78 is 5.70. The zero-order valence-corrected chi connectivity index (χ0v) is 12.4. The SMILES string of the molecule is O=C1c2cccc(Cl)c2OCCC1CN1CCCCC1. The van der Waals surface area contributed by atoms with Crippen molar-refractivity contribution in [1.29, 1.82) is 0 Å². The Bertz CT molecular complexity index is 497. The van der Waals surface area contributed by atoms with Crippen LogP contribution < -0.4 is 4.74 Å². The van der Waals surface area contributed by atoms with E-state index < -0.39 is 0 Å². The van der Waals surface area contributed by atoms with Gasteiger partial charge in [0.1, 0.15) is 5.75 Å². The Balaban J connectivity index is 1.78. The van der Waals surface area contributed by atoms with Crippen LogP contribution in [0.5, 0.6) is 5.75 Å². The molecule has 2 aliphatic heterocycles. The van der Waals surface area contributed by atoms with E-state index in [-0.39, 0.29) is 11.7 Å². The quantitative estimate of drug-likeness (QED) is 0.837. The maximum Gasteiger partial charge on any atom is 0.171 e. The molecule has 1 saturated heterocycles. The Kier molecular flexibility index (Phi) is 4.27. The highest BCUT2D eigenvalue weighted by atomic mass is 35.5. The molecule has 0 N–H and O–H groups in total. The Hall–Kier alpha value is -1.06. The van der Waals surface area contributed by atoms with E-state index in [1.54, 1.807) is 6.07 Å². The number of carbonyl (C=O) groups excluding carboxylic acids is 1. The standard InChI is InChI=1S/C16H20ClNO2/c17-14-6-4-5-13-15(19)12(7-10-20-16(13)14)11-18-8-2-1-3-9-18/h4-6,12H,1-3,7-11H2. The maximum absolute atomic E-state index is 12.7. The third-order valence-electron chi connectivity index (χ3n) is 4.24. The van der Waals surface area contributed by atoms with E-state index in [1.807, 2.05) is 12.1 Å². The first-order valence-corrected chi connectivity index (χ1v) is 7.81. The molecule has 0 spiro atoms. The Morgan fingerprint density at radius 3 is 2.85 bits per heavy atom. The van der Waals surface area contributed by atoms with Crippen molar-refractivity contribution in [2.24, 2.45) is 5.92 Å². The van der Waals surface area contributed by atoms with Gasteiger partial charge in [-0.3, -0.25) is 4.79 Å². The molecule has 3 nitrogen and oxygen atoms in total.